The van der Waals surface area contributed by atoms with Gasteiger partial charge in [-0.05, 0) is 18.0 Å². The number of carbonyl (C=O) groups excluding carboxylic acids is 1. The fourth-order valence-electron chi connectivity index (χ4n) is 1.97. The first kappa shape index (κ1) is 11.0. The second-order valence-electron chi connectivity index (χ2n) is 4.04. The van der Waals surface area contributed by atoms with Crippen LogP contribution in [0.4, 0.5) is 0 Å². The van der Waals surface area contributed by atoms with Crippen molar-refractivity contribution in [3.8, 4) is 5.88 Å². The van der Waals surface area contributed by atoms with Crippen LogP contribution in [0.15, 0.2) is 10.6 Å². The maximum atomic E-state index is 11.7. The van der Waals surface area contributed by atoms with E-state index in [0.29, 0.717) is 5.88 Å². The molecule has 1 aromatic heterocycles. The zero-order chi connectivity index (χ0) is 11.4. The van der Waals surface area contributed by atoms with E-state index < -0.39 is 0 Å². The third-order valence-corrected chi connectivity index (χ3v) is 2.86. The zero-order valence-corrected chi connectivity index (χ0v) is 9.36. The molecule has 0 unspecified atom stereocenters. The first-order chi connectivity index (χ1) is 7.79. The van der Waals surface area contributed by atoms with Crippen LogP contribution in [-0.2, 0) is 0 Å². The number of nitrogens with zero attached hydrogens (tertiary/aromatic N) is 1. The Morgan fingerprint density at radius 1 is 1.50 bits per heavy atom. The van der Waals surface area contributed by atoms with E-state index in [1.54, 1.807) is 0 Å². The molecule has 0 aliphatic heterocycles. The fraction of sp³-hybridized carbons (Fsp3) is 0.636. The summed E-state index contributed by atoms with van der Waals surface area (Å²) < 4.78 is 9.72. The summed E-state index contributed by atoms with van der Waals surface area (Å²) in [6.45, 7) is 0. The highest BCUT2D eigenvalue weighted by Gasteiger charge is 2.19. The number of hydrogen-bond acceptors (Lipinski definition) is 4. The fourth-order valence-corrected chi connectivity index (χ4v) is 1.97. The van der Waals surface area contributed by atoms with Crippen LogP contribution in [0.25, 0.3) is 0 Å². The van der Waals surface area contributed by atoms with Gasteiger partial charge in [0.05, 0.1) is 13.2 Å². The minimum Gasteiger partial charge on any atom is -0.479 e. The van der Waals surface area contributed by atoms with Crippen molar-refractivity contribution in [3.63, 3.8) is 0 Å². The summed E-state index contributed by atoms with van der Waals surface area (Å²) in [5, 5.41) is 6.54. The molecule has 0 saturated heterocycles. The third-order valence-electron chi connectivity index (χ3n) is 2.86. The molecule has 1 fully saturated rings. The van der Waals surface area contributed by atoms with Gasteiger partial charge in [-0.2, -0.15) is 0 Å². The Balaban J connectivity index is 1.91. The number of methoxy groups -OCH3 is 1. The van der Waals surface area contributed by atoms with E-state index in [-0.39, 0.29) is 17.7 Å². The summed E-state index contributed by atoms with van der Waals surface area (Å²) in [5.41, 5.74) is 0. The summed E-state index contributed by atoms with van der Waals surface area (Å²) in [5.74, 6) is 0.332. The van der Waals surface area contributed by atoms with Crippen molar-refractivity contribution in [2.45, 2.75) is 38.1 Å². The van der Waals surface area contributed by atoms with Gasteiger partial charge in [-0.3, -0.25) is 4.79 Å². The predicted molar refractivity (Wildman–Crippen MR) is 57.4 cm³/mol. The maximum Gasteiger partial charge on any atom is 0.290 e. The summed E-state index contributed by atoms with van der Waals surface area (Å²) in [6.07, 6.45) is 5.74. The monoisotopic (exact) mass is 224 g/mol. The normalized spacial score (nSPS) is 17.1. The van der Waals surface area contributed by atoms with Crippen molar-refractivity contribution in [2.75, 3.05) is 7.11 Å². The lowest BCUT2D eigenvalue weighted by molar-refractivity contribution is 0.0890. The largest absolute Gasteiger partial charge is 0.479 e. The molecular weight excluding hydrogens is 208 g/mol. The number of carbonyl (C=O) groups is 1. The molecule has 5 heteroatoms. The van der Waals surface area contributed by atoms with E-state index in [1.807, 2.05) is 0 Å². The summed E-state index contributed by atoms with van der Waals surface area (Å²) >= 11 is 0. The van der Waals surface area contributed by atoms with Gasteiger partial charge in [0.15, 0.2) is 0 Å². The third kappa shape index (κ3) is 2.53. The van der Waals surface area contributed by atoms with E-state index in [4.69, 9.17) is 9.26 Å². The van der Waals surface area contributed by atoms with Gasteiger partial charge in [-0.25, -0.2) is 0 Å². The van der Waals surface area contributed by atoms with Crippen LogP contribution in [0, 0.1) is 0 Å². The molecule has 1 aliphatic rings. The van der Waals surface area contributed by atoms with E-state index in [2.05, 4.69) is 10.5 Å². The second-order valence-corrected chi connectivity index (χ2v) is 4.04. The van der Waals surface area contributed by atoms with E-state index in [1.165, 1.54) is 32.4 Å². The summed E-state index contributed by atoms with van der Waals surface area (Å²) in [6, 6.07) is 1.77. The molecule has 2 rings (SSSR count). The number of aromatic nitrogens is 1. The smallest absolute Gasteiger partial charge is 0.290 e. The number of hydrogen-bond donors (Lipinski definition) is 1. The molecule has 5 nitrogen and oxygen atoms in total. The van der Waals surface area contributed by atoms with Crippen LogP contribution in [0.1, 0.15) is 42.7 Å². The average molecular weight is 224 g/mol. The highest BCUT2D eigenvalue weighted by molar-refractivity contribution is 5.91. The Morgan fingerprint density at radius 3 is 2.88 bits per heavy atom. The Morgan fingerprint density at radius 2 is 2.25 bits per heavy atom. The molecule has 0 radical (unpaired) electrons. The Bertz CT molecular complexity index is 356. The molecule has 88 valence electrons. The lowest BCUT2D eigenvalue weighted by Crippen LogP contribution is -2.35. The van der Waals surface area contributed by atoms with Crippen molar-refractivity contribution >= 4 is 5.91 Å². The molecule has 1 heterocycles. The van der Waals surface area contributed by atoms with Crippen LogP contribution in [-0.4, -0.2) is 24.2 Å². The number of rotatable bonds is 3. The van der Waals surface area contributed by atoms with Gasteiger partial charge in [0, 0.05) is 6.04 Å². The van der Waals surface area contributed by atoms with Gasteiger partial charge in [0.2, 0.25) is 5.76 Å². The quantitative estimate of drug-likeness (QED) is 0.849. The lowest BCUT2D eigenvalue weighted by atomic mass is 9.95. The van der Waals surface area contributed by atoms with Crippen molar-refractivity contribution in [2.24, 2.45) is 0 Å². The highest BCUT2D eigenvalue weighted by atomic mass is 16.5. The zero-order valence-electron chi connectivity index (χ0n) is 9.36. The van der Waals surface area contributed by atoms with E-state index in [9.17, 15) is 4.79 Å². The van der Waals surface area contributed by atoms with E-state index in [0.717, 1.165) is 12.8 Å². The molecule has 0 bridgehead atoms. The molecule has 1 aromatic rings. The van der Waals surface area contributed by atoms with Gasteiger partial charge < -0.3 is 14.6 Å². The average Bonchev–Trinajstić information content (AvgIpc) is 2.79. The minimum absolute atomic E-state index is 0.206. The predicted octanol–water partition coefficient (Wildman–Crippen LogP) is 1.75. The van der Waals surface area contributed by atoms with Gasteiger partial charge >= 0.3 is 0 Å². The Hall–Kier alpha value is -1.52. The molecule has 0 atom stereocenters. The topological polar surface area (TPSA) is 64.4 Å². The molecule has 16 heavy (non-hydrogen) atoms. The lowest BCUT2D eigenvalue weighted by Gasteiger charge is -2.21. The van der Waals surface area contributed by atoms with Crippen LogP contribution >= 0.6 is 0 Å². The van der Waals surface area contributed by atoms with E-state index >= 15 is 0 Å². The van der Waals surface area contributed by atoms with Crippen molar-refractivity contribution in [1.29, 1.82) is 0 Å². The molecule has 0 spiro atoms. The first-order valence-corrected chi connectivity index (χ1v) is 5.61. The number of ether oxygens (including phenoxy) is 1. The molecule has 1 amide bonds. The maximum absolute atomic E-state index is 11.7. The van der Waals surface area contributed by atoms with Crippen molar-refractivity contribution in [3.05, 3.63) is 11.8 Å². The van der Waals surface area contributed by atoms with Crippen LogP contribution in [0.5, 0.6) is 5.88 Å². The Labute approximate surface area is 94.1 Å². The van der Waals surface area contributed by atoms with Crippen molar-refractivity contribution in [1.82, 2.24) is 10.5 Å². The molecule has 1 saturated carbocycles. The molecule has 1 aliphatic carbocycles. The summed E-state index contributed by atoms with van der Waals surface area (Å²) in [7, 11) is 1.49. The van der Waals surface area contributed by atoms with Gasteiger partial charge in [0.25, 0.3) is 11.8 Å². The Kier molecular flexibility index (Phi) is 3.44. The SMILES string of the molecule is COc1cc(C(=O)NC2CCCCC2)on1. The highest BCUT2D eigenvalue weighted by Crippen LogP contribution is 2.18. The van der Waals surface area contributed by atoms with Crippen LogP contribution < -0.4 is 10.1 Å². The molecular formula is C11H16N2O3. The standard InChI is InChI=1S/C11H16N2O3/c1-15-10-7-9(16-13-10)11(14)12-8-5-3-2-4-6-8/h7-8H,2-6H2,1H3,(H,12,14). The second kappa shape index (κ2) is 5.01. The molecule has 1 N–H and O–H groups in total. The number of nitrogens with one attached hydrogen (secondary N) is 1. The first-order valence-electron chi connectivity index (χ1n) is 5.61. The van der Waals surface area contributed by atoms with Crippen LogP contribution in [0.2, 0.25) is 0 Å². The minimum atomic E-state index is -0.206. The van der Waals surface area contributed by atoms with Gasteiger partial charge in [0.1, 0.15) is 0 Å². The summed E-state index contributed by atoms with van der Waals surface area (Å²) in [4.78, 5) is 11.7. The number of amides is 1. The van der Waals surface area contributed by atoms with Crippen LogP contribution in [0.3, 0.4) is 0 Å². The van der Waals surface area contributed by atoms with Gasteiger partial charge in [-0.1, -0.05) is 19.3 Å². The molecule has 0 aromatic carbocycles. The van der Waals surface area contributed by atoms with Gasteiger partial charge in [-0.15, -0.1) is 0 Å². The van der Waals surface area contributed by atoms with Crippen molar-refractivity contribution < 1.29 is 14.1 Å².